The number of hydrogen-bond acceptors (Lipinski definition) is 5. The van der Waals surface area contributed by atoms with Crippen molar-refractivity contribution in [3.63, 3.8) is 0 Å². The molecular formula is C18H16N2O3S. The van der Waals surface area contributed by atoms with Gasteiger partial charge in [0.15, 0.2) is 11.4 Å². The van der Waals surface area contributed by atoms with Crippen molar-refractivity contribution >= 4 is 40.2 Å². The van der Waals surface area contributed by atoms with Crippen LogP contribution in [0.25, 0.3) is 11.1 Å². The molecule has 0 aliphatic carbocycles. The molecule has 0 saturated heterocycles. The Labute approximate surface area is 143 Å². The van der Waals surface area contributed by atoms with E-state index in [0.717, 1.165) is 11.1 Å². The molecule has 0 radical (unpaired) electrons. The molecule has 3 aromatic rings. The van der Waals surface area contributed by atoms with Gasteiger partial charge in [-0.15, -0.1) is 0 Å². The first-order valence-corrected chi connectivity index (χ1v) is 8.49. The van der Waals surface area contributed by atoms with E-state index in [0.29, 0.717) is 28.6 Å². The molecule has 6 heteroatoms. The fourth-order valence-corrected chi connectivity index (χ4v) is 2.93. The van der Waals surface area contributed by atoms with Crippen molar-refractivity contribution in [2.45, 2.75) is 18.6 Å². The van der Waals surface area contributed by atoms with Crippen LogP contribution in [0.2, 0.25) is 0 Å². The molecule has 1 amide bonds. The van der Waals surface area contributed by atoms with Crippen LogP contribution in [0.3, 0.4) is 0 Å². The number of Topliss-reactive ketones (excluding diaryl/α,β-unsaturated/α-hetero) is 1. The van der Waals surface area contributed by atoms with Crippen LogP contribution in [-0.4, -0.2) is 22.4 Å². The lowest BCUT2D eigenvalue weighted by molar-refractivity contribution is -0.115. The molecule has 0 aliphatic rings. The molecule has 3 rings (SSSR count). The first-order valence-electron chi connectivity index (χ1n) is 7.51. The summed E-state index contributed by atoms with van der Waals surface area (Å²) in [6.07, 6.45) is 0.345. The predicted molar refractivity (Wildman–Crippen MR) is 94.4 cm³/mol. The number of carbonyl (C=O) groups is 2. The van der Waals surface area contributed by atoms with Gasteiger partial charge in [-0.25, -0.2) is 4.98 Å². The molecule has 0 saturated carbocycles. The van der Waals surface area contributed by atoms with Gasteiger partial charge in [0.05, 0.1) is 0 Å². The van der Waals surface area contributed by atoms with Gasteiger partial charge in [0, 0.05) is 23.4 Å². The molecule has 0 bridgehead atoms. The highest BCUT2D eigenvalue weighted by molar-refractivity contribution is 7.99. The van der Waals surface area contributed by atoms with E-state index < -0.39 is 0 Å². The molecule has 1 N–H and O–H groups in total. The topological polar surface area (TPSA) is 72.2 Å². The van der Waals surface area contributed by atoms with Crippen molar-refractivity contribution in [1.29, 1.82) is 0 Å². The fourth-order valence-electron chi connectivity index (χ4n) is 2.16. The Morgan fingerprint density at radius 3 is 2.58 bits per heavy atom. The van der Waals surface area contributed by atoms with Crippen LogP contribution in [0, 0.1) is 0 Å². The summed E-state index contributed by atoms with van der Waals surface area (Å²) >= 11 is 1.41. The number of oxazole rings is 1. The van der Waals surface area contributed by atoms with E-state index in [-0.39, 0.29) is 11.7 Å². The second kappa shape index (κ2) is 7.31. The monoisotopic (exact) mass is 340 g/mol. The van der Waals surface area contributed by atoms with Gasteiger partial charge in [0.25, 0.3) is 5.22 Å². The van der Waals surface area contributed by atoms with E-state index in [1.54, 1.807) is 24.3 Å². The maximum absolute atomic E-state index is 12.0. The van der Waals surface area contributed by atoms with E-state index in [1.807, 2.05) is 24.3 Å². The SMILES string of the molecule is CC(=O)c1ccc(NC(=O)CCSc2nc3ccccc3o2)cc1. The van der Waals surface area contributed by atoms with Crippen LogP contribution in [0.4, 0.5) is 5.69 Å². The van der Waals surface area contributed by atoms with Gasteiger partial charge in [-0.1, -0.05) is 23.9 Å². The van der Waals surface area contributed by atoms with Crippen molar-refractivity contribution in [3.05, 3.63) is 54.1 Å². The van der Waals surface area contributed by atoms with E-state index in [1.165, 1.54) is 18.7 Å². The highest BCUT2D eigenvalue weighted by Gasteiger charge is 2.08. The lowest BCUT2D eigenvalue weighted by Gasteiger charge is -2.05. The lowest BCUT2D eigenvalue weighted by Crippen LogP contribution is -2.12. The van der Waals surface area contributed by atoms with E-state index in [4.69, 9.17) is 4.42 Å². The molecule has 0 fully saturated rings. The summed E-state index contributed by atoms with van der Waals surface area (Å²) in [4.78, 5) is 27.5. The van der Waals surface area contributed by atoms with Crippen molar-refractivity contribution in [3.8, 4) is 0 Å². The molecule has 0 spiro atoms. The fraction of sp³-hybridized carbons (Fsp3) is 0.167. The zero-order valence-electron chi connectivity index (χ0n) is 13.1. The molecular weight excluding hydrogens is 324 g/mol. The number of amides is 1. The average Bonchev–Trinajstić information content (AvgIpc) is 2.98. The van der Waals surface area contributed by atoms with Crippen LogP contribution < -0.4 is 5.32 Å². The van der Waals surface area contributed by atoms with Crippen LogP contribution in [0.1, 0.15) is 23.7 Å². The largest absolute Gasteiger partial charge is 0.431 e. The maximum Gasteiger partial charge on any atom is 0.256 e. The van der Waals surface area contributed by atoms with Gasteiger partial charge < -0.3 is 9.73 Å². The molecule has 1 aromatic heterocycles. The first kappa shape index (κ1) is 16.3. The molecule has 0 aliphatic heterocycles. The molecule has 0 atom stereocenters. The zero-order valence-corrected chi connectivity index (χ0v) is 13.9. The summed E-state index contributed by atoms with van der Waals surface area (Å²) in [5, 5.41) is 3.37. The lowest BCUT2D eigenvalue weighted by atomic mass is 10.1. The molecule has 1 heterocycles. The Kier molecular flexibility index (Phi) is 4.96. The number of fused-ring (bicyclic) bond motifs is 1. The minimum atomic E-state index is -0.0887. The van der Waals surface area contributed by atoms with Gasteiger partial charge in [-0.3, -0.25) is 9.59 Å². The molecule has 5 nitrogen and oxygen atoms in total. The Morgan fingerprint density at radius 2 is 1.88 bits per heavy atom. The van der Waals surface area contributed by atoms with Crippen molar-refractivity contribution in [1.82, 2.24) is 4.98 Å². The second-order valence-electron chi connectivity index (χ2n) is 5.23. The second-order valence-corrected chi connectivity index (χ2v) is 6.27. The predicted octanol–water partition coefficient (Wildman–Crippen LogP) is 4.15. The normalized spacial score (nSPS) is 10.7. The van der Waals surface area contributed by atoms with E-state index >= 15 is 0 Å². The van der Waals surface area contributed by atoms with E-state index in [9.17, 15) is 9.59 Å². The molecule has 24 heavy (non-hydrogen) atoms. The number of rotatable bonds is 6. The summed E-state index contributed by atoms with van der Waals surface area (Å²) < 4.78 is 5.59. The maximum atomic E-state index is 12.0. The number of hydrogen-bond donors (Lipinski definition) is 1. The van der Waals surface area contributed by atoms with Gasteiger partial charge in [0.2, 0.25) is 5.91 Å². The van der Waals surface area contributed by atoms with Crippen LogP contribution in [0.15, 0.2) is 58.2 Å². The molecule has 0 unspecified atom stereocenters. The Balaban J connectivity index is 1.49. The number of thioether (sulfide) groups is 1. The number of ketones is 1. The summed E-state index contributed by atoms with van der Waals surface area (Å²) in [5.74, 6) is 0.487. The van der Waals surface area contributed by atoms with Crippen molar-refractivity contribution < 1.29 is 14.0 Å². The molecule has 122 valence electrons. The third-order valence-electron chi connectivity index (χ3n) is 3.40. The summed E-state index contributed by atoms with van der Waals surface area (Å²) in [6, 6.07) is 14.4. The van der Waals surface area contributed by atoms with Gasteiger partial charge in [0.1, 0.15) is 5.52 Å². The number of aromatic nitrogens is 1. The number of para-hydroxylation sites is 2. The van der Waals surface area contributed by atoms with E-state index in [2.05, 4.69) is 10.3 Å². The van der Waals surface area contributed by atoms with Crippen molar-refractivity contribution in [2.24, 2.45) is 0 Å². The number of nitrogens with zero attached hydrogens (tertiary/aromatic N) is 1. The summed E-state index contributed by atoms with van der Waals surface area (Å²) in [6.45, 7) is 1.51. The van der Waals surface area contributed by atoms with Gasteiger partial charge in [-0.05, 0) is 43.3 Å². The highest BCUT2D eigenvalue weighted by Crippen LogP contribution is 2.23. The number of benzene rings is 2. The van der Waals surface area contributed by atoms with Crippen LogP contribution >= 0.6 is 11.8 Å². The average molecular weight is 340 g/mol. The van der Waals surface area contributed by atoms with Gasteiger partial charge >= 0.3 is 0 Å². The Morgan fingerprint density at radius 1 is 1.12 bits per heavy atom. The minimum absolute atomic E-state index is 0.00242. The zero-order chi connectivity index (χ0) is 16.9. The quantitative estimate of drug-likeness (QED) is 0.539. The van der Waals surface area contributed by atoms with Crippen LogP contribution in [-0.2, 0) is 4.79 Å². The summed E-state index contributed by atoms with van der Waals surface area (Å²) in [5.41, 5.74) is 2.86. The Hall–Kier alpha value is -2.60. The number of anilines is 1. The van der Waals surface area contributed by atoms with Gasteiger partial charge in [-0.2, -0.15) is 0 Å². The summed E-state index contributed by atoms with van der Waals surface area (Å²) in [7, 11) is 0. The van der Waals surface area contributed by atoms with Crippen molar-refractivity contribution in [2.75, 3.05) is 11.1 Å². The number of nitrogens with one attached hydrogen (secondary N) is 1. The smallest absolute Gasteiger partial charge is 0.256 e. The highest BCUT2D eigenvalue weighted by atomic mass is 32.2. The first-order chi connectivity index (χ1) is 11.6. The standard InChI is InChI=1S/C18H16N2O3S/c1-12(21)13-6-8-14(9-7-13)19-17(22)10-11-24-18-20-15-4-2-3-5-16(15)23-18/h2-9H,10-11H2,1H3,(H,19,22). The van der Waals surface area contributed by atoms with Crippen LogP contribution in [0.5, 0.6) is 0 Å². The third-order valence-corrected chi connectivity index (χ3v) is 4.23. The third kappa shape index (κ3) is 4.02. The minimum Gasteiger partial charge on any atom is -0.431 e. The number of carbonyl (C=O) groups excluding carboxylic acids is 2. The molecule has 2 aromatic carbocycles. The Bertz CT molecular complexity index is 838.